The van der Waals surface area contributed by atoms with Gasteiger partial charge < -0.3 is 10.2 Å². The monoisotopic (exact) mass is 564 g/mol. The van der Waals surface area contributed by atoms with Crippen LogP contribution < -0.4 is 10.0 Å². The van der Waals surface area contributed by atoms with E-state index in [1.165, 1.54) is 13.0 Å². The van der Waals surface area contributed by atoms with Crippen molar-refractivity contribution in [1.82, 2.24) is 25.4 Å². The van der Waals surface area contributed by atoms with Gasteiger partial charge in [-0.25, -0.2) is 26.0 Å². The highest BCUT2D eigenvalue weighted by Crippen LogP contribution is 2.36. The summed E-state index contributed by atoms with van der Waals surface area (Å²) in [5.41, 5.74) is -2.53. The molecule has 14 heteroatoms. The largest absolute Gasteiger partial charge is 0.351 e. The van der Waals surface area contributed by atoms with Gasteiger partial charge in [-0.2, -0.15) is 5.10 Å². The number of pyridine rings is 1. The average Bonchev–Trinajstić information content (AvgIpc) is 3.31. The number of amides is 1. The van der Waals surface area contributed by atoms with Gasteiger partial charge in [0.25, 0.3) is 15.9 Å². The van der Waals surface area contributed by atoms with Gasteiger partial charge in [0, 0.05) is 17.5 Å². The van der Waals surface area contributed by atoms with Gasteiger partial charge in [-0.3, -0.25) is 19.6 Å². The number of aryl methyl sites for hydroxylation is 1. The van der Waals surface area contributed by atoms with Gasteiger partial charge in [0.15, 0.2) is 11.6 Å². The van der Waals surface area contributed by atoms with Crippen LogP contribution in [0.4, 0.5) is 23.2 Å². The number of carbonyl (C=O) groups is 1. The minimum atomic E-state index is -4.54. The maximum Gasteiger partial charge on any atom is 0.269 e. The molecule has 0 aliphatic carbocycles. The summed E-state index contributed by atoms with van der Waals surface area (Å²) in [5.74, 6) is -5.17. The van der Waals surface area contributed by atoms with Gasteiger partial charge in [0.2, 0.25) is 0 Å². The summed E-state index contributed by atoms with van der Waals surface area (Å²) in [7, 11) is -0.754. The minimum absolute atomic E-state index is 0.0261. The van der Waals surface area contributed by atoms with Gasteiger partial charge in [-0.15, -0.1) is 0 Å². The number of H-pyrrole nitrogens is 1. The van der Waals surface area contributed by atoms with Crippen LogP contribution in [0.25, 0.3) is 22.0 Å². The van der Waals surface area contributed by atoms with Crippen molar-refractivity contribution >= 4 is 32.5 Å². The average molecular weight is 565 g/mol. The fraction of sp³-hybridized carbons (Fsp3) is 0.240. The molecule has 3 N–H and O–H groups in total. The van der Waals surface area contributed by atoms with Crippen LogP contribution in [0.5, 0.6) is 0 Å². The number of halogens is 4. The molecule has 1 amide bonds. The van der Waals surface area contributed by atoms with Crippen molar-refractivity contribution in [1.29, 1.82) is 0 Å². The normalized spacial score (nSPS) is 11.8. The number of carbonyl (C=O) groups excluding carboxylic acids is 1. The lowest BCUT2D eigenvalue weighted by Gasteiger charge is -2.14. The topological polar surface area (TPSA) is 120 Å². The summed E-state index contributed by atoms with van der Waals surface area (Å²) >= 11 is 0. The number of fused-ring (bicyclic) bond motifs is 1. The van der Waals surface area contributed by atoms with Crippen molar-refractivity contribution in [3.63, 3.8) is 0 Å². The Morgan fingerprint density at radius 3 is 2.54 bits per heavy atom. The summed E-state index contributed by atoms with van der Waals surface area (Å²) in [6, 6.07) is 4.62. The van der Waals surface area contributed by atoms with E-state index < -0.39 is 60.9 Å². The first kappa shape index (κ1) is 28.0. The minimum Gasteiger partial charge on any atom is -0.351 e. The molecule has 0 fully saturated rings. The van der Waals surface area contributed by atoms with E-state index in [0.29, 0.717) is 19.0 Å². The van der Waals surface area contributed by atoms with Crippen LogP contribution in [0.1, 0.15) is 22.6 Å². The number of sulfonamides is 1. The van der Waals surface area contributed by atoms with Crippen LogP contribution in [0.2, 0.25) is 0 Å². The number of nitrogens with one attached hydrogen (secondary N) is 3. The SMILES string of the molecule is Cc1ncc(F)cc1S(=O)(=O)Nc1ccc(F)c(-c2ccc3c(C(=O)NCCCN(C)C)[nH]nc3c2F)c1F. The Kier molecular flexibility index (Phi) is 7.88. The predicted molar refractivity (Wildman–Crippen MR) is 137 cm³/mol. The van der Waals surface area contributed by atoms with E-state index in [9.17, 15) is 22.0 Å². The Bertz CT molecular complexity index is 1670. The Balaban J connectivity index is 1.68. The van der Waals surface area contributed by atoms with Crippen LogP contribution in [-0.4, -0.2) is 61.6 Å². The third-order valence-corrected chi connectivity index (χ3v) is 7.34. The molecule has 0 saturated heterocycles. The van der Waals surface area contributed by atoms with Gasteiger partial charge in [0.1, 0.15) is 27.7 Å². The van der Waals surface area contributed by atoms with Crippen molar-refractivity contribution < 1.29 is 30.8 Å². The van der Waals surface area contributed by atoms with Crippen molar-refractivity contribution in [3.05, 3.63) is 71.2 Å². The lowest BCUT2D eigenvalue weighted by molar-refractivity contribution is 0.0949. The standard InChI is InChI=1S/C25H24F4N6O3S/c1-13-19(11-14(26)12-31-13)39(37,38)34-18-8-7-17(27)20(22(18)29)15-5-6-16-23(21(15)28)32-33-24(16)25(36)30-9-4-10-35(2)3/h5-8,11-12,34H,4,9-10H2,1-3H3,(H,30,36)(H,32,33). The molecule has 0 saturated carbocycles. The number of aromatic nitrogens is 3. The molecular formula is C25H24F4N6O3S. The predicted octanol–water partition coefficient (Wildman–Crippen LogP) is 3.97. The molecule has 4 aromatic rings. The maximum atomic E-state index is 15.5. The first-order valence-corrected chi connectivity index (χ1v) is 13.1. The number of nitrogens with zero attached hydrogens (tertiary/aromatic N) is 3. The van der Waals surface area contributed by atoms with E-state index in [0.717, 1.165) is 30.9 Å². The van der Waals surface area contributed by atoms with Gasteiger partial charge >= 0.3 is 0 Å². The molecule has 4 rings (SSSR count). The first-order chi connectivity index (χ1) is 18.4. The van der Waals surface area contributed by atoms with E-state index in [4.69, 9.17) is 0 Å². The molecule has 2 heterocycles. The molecule has 0 unspecified atom stereocenters. The molecule has 0 atom stereocenters. The molecule has 2 aromatic carbocycles. The molecule has 39 heavy (non-hydrogen) atoms. The third-order valence-electron chi connectivity index (χ3n) is 5.86. The van der Waals surface area contributed by atoms with E-state index in [2.05, 4.69) is 20.5 Å². The van der Waals surface area contributed by atoms with E-state index in [1.807, 2.05) is 23.7 Å². The zero-order valence-corrected chi connectivity index (χ0v) is 21.9. The molecule has 0 spiro atoms. The highest BCUT2D eigenvalue weighted by atomic mass is 32.2. The summed E-state index contributed by atoms with van der Waals surface area (Å²) in [6.07, 6.45) is 1.50. The molecule has 2 aromatic heterocycles. The van der Waals surface area contributed by atoms with Crippen LogP contribution >= 0.6 is 0 Å². The highest BCUT2D eigenvalue weighted by Gasteiger charge is 2.26. The number of hydrogen-bond donors (Lipinski definition) is 3. The number of benzene rings is 2. The zero-order valence-electron chi connectivity index (χ0n) is 21.1. The summed E-state index contributed by atoms with van der Waals surface area (Å²) in [5, 5.41) is 9.05. The smallest absolute Gasteiger partial charge is 0.269 e. The van der Waals surface area contributed by atoms with Crippen LogP contribution in [-0.2, 0) is 10.0 Å². The van der Waals surface area contributed by atoms with Crippen LogP contribution in [0.15, 0.2) is 41.4 Å². The quantitative estimate of drug-likeness (QED) is 0.209. The second-order valence-electron chi connectivity index (χ2n) is 8.96. The number of anilines is 1. The molecule has 0 bridgehead atoms. The van der Waals surface area contributed by atoms with E-state index >= 15 is 8.78 Å². The number of aromatic amines is 1. The van der Waals surface area contributed by atoms with Gasteiger partial charge in [-0.05, 0) is 58.3 Å². The van der Waals surface area contributed by atoms with Crippen molar-refractivity contribution in [2.75, 3.05) is 31.9 Å². The molecular weight excluding hydrogens is 540 g/mol. The van der Waals surface area contributed by atoms with E-state index in [-0.39, 0.29) is 22.3 Å². The van der Waals surface area contributed by atoms with E-state index in [1.54, 1.807) is 0 Å². The Morgan fingerprint density at radius 2 is 1.82 bits per heavy atom. The first-order valence-electron chi connectivity index (χ1n) is 11.6. The third kappa shape index (κ3) is 5.71. The molecule has 206 valence electrons. The van der Waals surface area contributed by atoms with Crippen molar-refractivity contribution in [2.45, 2.75) is 18.2 Å². The van der Waals surface area contributed by atoms with Crippen LogP contribution in [0.3, 0.4) is 0 Å². The molecule has 0 radical (unpaired) electrons. The Labute approximate surface area is 221 Å². The van der Waals surface area contributed by atoms with Gasteiger partial charge in [0.05, 0.1) is 23.1 Å². The lowest BCUT2D eigenvalue weighted by atomic mass is 10.0. The fourth-order valence-corrected chi connectivity index (χ4v) is 5.20. The summed E-state index contributed by atoms with van der Waals surface area (Å²) in [4.78, 5) is 17.6. The highest BCUT2D eigenvalue weighted by molar-refractivity contribution is 7.92. The zero-order chi connectivity index (χ0) is 28.5. The van der Waals surface area contributed by atoms with Crippen molar-refractivity contribution in [2.24, 2.45) is 0 Å². The van der Waals surface area contributed by atoms with Crippen LogP contribution in [0, 0.1) is 30.2 Å². The van der Waals surface area contributed by atoms with Crippen molar-refractivity contribution in [3.8, 4) is 11.1 Å². The Hall–Kier alpha value is -4.04. The Morgan fingerprint density at radius 1 is 1.08 bits per heavy atom. The lowest BCUT2D eigenvalue weighted by Crippen LogP contribution is -2.27. The molecule has 9 nitrogen and oxygen atoms in total. The number of hydrogen-bond acceptors (Lipinski definition) is 6. The summed E-state index contributed by atoms with van der Waals surface area (Å²) < 4.78 is 86.9. The maximum absolute atomic E-state index is 15.5. The summed E-state index contributed by atoms with van der Waals surface area (Å²) in [6.45, 7) is 2.42. The second kappa shape index (κ2) is 11.0. The molecule has 0 aliphatic heterocycles. The molecule has 0 aliphatic rings. The fourth-order valence-electron chi connectivity index (χ4n) is 3.94. The second-order valence-corrected chi connectivity index (χ2v) is 10.6. The number of rotatable bonds is 9. The van der Waals surface area contributed by atoms with Gasteiger partial charge in [-0.1, -0.05) is 6.07 Å².